The molecule has 2 heterocycles. The van der Waals surface area contributed by atoms with Crippen molar-refractivity contribution in [2.24, 2.45) is 0 Å². The lowest BCUT2D eigenvalue weighted by Gasteiger charge is -2.16. The fraction of sp³-hybridized carbons (Fsp3) is 0.222. The number of halogens is 2. The highest BCUT2D eigenvalue weighted by Crippen LogP contribution is 2.42. The second-order valence-corrected chi connectivity index (χ2v) is 8.29. The zero-order chi connectivity index (χ0) is 17.9. The average molecular weight is 362 g/mol. The van der Waals surface area contributed by atoms with Gasteiger partial charge in [0, 0.05) is 35.3 Å². The summed E-state index contributed by atoms with van der Waals surface area (Å²) < 4.78 is 54.8. The summed E-state index contributed by atoms with van der Waals surface area (Å²) in [5.41, 5.74) is 1.83. The van der Waals surface area contributed by atoms with E-state index in [2.05, 4.69) is 0 Å². The van der Waals surface area contributed by atoms with Crippen molar-refractivity contribution in [3.8, 4) is 11.1 Å². The van der Waals surface area contributed by atoms with Crippen molar-refractivity contribution >= 4 is 20.9 Å². The number of benzene rings is 2. The van der Waals surface area contributed by atoms with Crippen LogP contribution in [-0.2, 0) is 16.4 Å². The predicted octanol–water partition coefficient (Wildman–Crippen LogP) is 3.24. The van der Waals surface area contributed by atoms with Crippen molar-refractivity contribution in [1.29, 1.82) is 0 Å². The molecule has 0 radical (unpaired) electrons. The van der Waals surface area contributed by atoms with Gasteiger partial charge in [-0.1, -0.05) is 12.1 Å². The first kappa shape index (κ1) is 16.2. The first-order valence-corrected chi connectivity index (χ1v) is 9.27. The third kappa shape index (κ3) is 2.38. The Morgan fingerprint density at radius 2 is 1.84 bits per heavy atom. The molecule has 0 fully saturated rings. The summed E-state index contributed by atoms with van der Waals surface area (Å²) in [7, 11) is -0.000623. The normalized spacial score (nSPS) is 14.9. The molecule has 0 aliphatic carbocycles. The van der Waals surface area contributed by atoms with E-state index in [1.807, 2.05) is 25.1 Å². The molecule has 1 aliphatic heterocycles. The highest BCUT2D eigenvalue weighted by molar-refractivity contribution is 7.90. The number of hydrogen-bond donors (Lipinski definition) is 0. The van der Waals surface area contributed by atoms with E-state index < -0.39 is 21.7 Å². The van der Waals surface area contributed by atoms with Crippen LogP contribution in [0.25, 0.3) is 22.0 Å². The van der Waals surface area contributed by atoms with E-state index in [0.29, 0.717) is 17.5 Å². The maximum atomic E-state index is 14.3. The first-order chi connectivity index (χ1) is 11.8. The molecule has 0 unspecified atom stereocenters. The molecule has 25 heavy (non-hydrogen) atoms. The highest BCUT2D eigenvalue weighted by Gasteiger charge is 2.32. The van der Waals surface area contributed by atoms with Crippen molar-refractivity contribution in [1.82, 2.24) is 8.87 Å². The molecule has 0 N–H and O–H groups in total. The predicted molar refractivity (Wildman–Crippen MR) is 92.1 cm³/mol. The lowest BCUT2D eigenvalue weighted by Crippen LogP contribution is -2.17. The van der Waals surface area contributed by atoms with Crippen LogP contribution in [0, 0.1) is 11.6 Å². The van der Waals surface area contributed by atoms with Crippen LogP contribution >= 0.6 is 0 Å². The van der Waals surface area contributed by atoms with E-state index in [1.165, 1.54) is 6.20 Å². The van der Waals surface area contributed by atoms with Crippen LogP contribution in [0.2, 0.25) is 0 Å². The molecule has 3 aromatic rings. The van der Waals surface area contributed by atoms with Crippen LogP contribution in [0.1, 0.15) is 5.56 Å². The van der Waals surface area contributed by atoms with Crippen LogP contribution in [0.4, 0.5) is 8.78 Å². The number of aromatic nitrogens is 1. The van der Waals surface area contributed by atoms with E-state index in [1.54, 1.807) is 12.1 Å². The fourth-order valence-corrected chi connectivity index (χ4v) is 4.89. The maximum absolute atomic E-state index is 14.3. The Hall–Kier alpha value is -2.25. The van der Waals surface area contributed by atoms with Gasteiger partial charge in [-0.2, -0.15) is 0 Å². The van der Waals surface area contributed by atoms with Gasteiger partial charge in [-0.25, -0.2) is 21.2 Å². The largest absolute Gasteiger partial charge is 0.309 e. The van der Waals surface area contributed by atoms with Gasteiger partial charge < -0.3 is 4.90 Å². The zero-order valence-corrected chi connectivity index (χ0v) is 14.6. The summed E-state index contributed by atoms with van der Waals surface area (Å²) in [6.45, 7) is 0.783. The van der Waals surface area contributed by atoms with Gasteiger partial charge in [0.1, 0.15) is 11.6 Å². The molecule has 130 valence electrons. The molecular formula is C18H16F2N2O2S. The number of rotatable bonds is 3. The van der Waals surface area contributed by atoms with Crippen molar-refractivity contribution in [2.45, 2.75) is 11.3 Å². The summed E-state index contributed by atoms with van der Waals surface area (Å²) in [4.78, 5) is 2.15. The molecule has 0 saturated heterocycles. The van der Waals surface area contributed by atoms with E-state index in [0.717, 1.165) is 28.2 Å². The lowest BCUT2D eigenvalue weighted by atomic mass is 10.0. The SMILES string of the molecule is CN(C)CCc1ccc2c(c1)S(=O)(=O)n1cc-2c2c(F)cc(F)cc21. The fourth-order valence-electron chi connectivity index (χ4n) is 3.27. The highest BCUT2D eigenvalue weighted by atomic mass is 32.2. The van der Waals surface area contributed by atoms with Gasteiger partial charge in [0.25, 0.3) is 10.0 Å². The van der Waals surface area contributed by atoms with Crippen molar-refractivity contribution in [2.75, 3.05) is 20.6 Å². The molecule has 4 rings (SSSR count). The van der Waals surface area contributed by atoms with E-state index in [9.17, 15) is 17.2 Å². The molecule has 4 nitrogen and oxygen atoms in total. The monoisotopic (exact) mass is 362 g/mol. The Morgan fingerprint density at radius 3 is 2.56 bits per heavy atom. The molecule has 0 saturated carbocycles. The van der Waals surface area contributed by atoms with Gasteiger partial charge >= 0.3 is 0 Å². The van der Waals surface area contributed by atoms with E-state index in [-0.39, 0.29) is 15.8 Å². The lowest BCUT2D eigenvalue weighted by molar-refractivity contribution is 0.413. The Morgan fingerprint density at radius 1 is 1.08 bits per heavy atom. The number of hydrogen-bond acceptors (Lipinski definition) is 3. The number of fused-ring (bicyclic) bond motifs is 7. The first-order valence-electron chi connectivity index (χ1n) is 7.83. The minimum absolute atomic E-state index is 0.0264. The second-order valence-electron chi connectivity index (χ2n) is 6.51. The maximum Gasteiger partial charge on any atom is 0.268 e. The summed E-state index contributed by atoms with van der Waals surface area (Å²) in [6, 6.07) is 7.03. The summed E-state index contributed by atoms with van der Waals surface area (Å²) >= 11 is 0. The average Bonchev–Trinajstić information content (AvgIpc) is 2.89. The van der Waals surface area contributed by atoms with E-state index >= 15 is 0 Å². The van der Waals surface area contributed by atoms with Crippen molar-refractivity contribution < 1.29 is 17.2 Å². The third-order valence-electron chi connectivity index (χ3n) is 4.51. The minimum Gasteiger partial charge on any atom is -0.309 e. The van der Waals surface area contributed by atoms with Gasteiger partial charge in [0.05, 0.1) is 10.4 Å². The Kier molecular flexibility index (Phi) is 3.49. The van der Waals surface area contributed by atoms with Crippen LogP contribution in [0.15, 0.2) is 41.4 Å². The summed E-state index contributed by atoms with van der Waals surface area (Å²) in [5.74, 6) is -1.56. The Labute approximate surface area is 144 Å². The third-order valence-corrected chi connectivity index (χ3v) is 6.22. The van der Waals surface area contributed by atoms with Gasteiger partial charge in [0.15, 0.2) is 0 Å². The Balaban J connectivity index is 1.98. The van der Waals surface area contributed by atoms with Gasteiger partial charge in [0.2, 0.25) is 0 Å². The Bertz CT molecular complexity index is 1120. The number of nitrogens with zero attached hydrogens (tertiary/aromatic N) is 2. The summed E-state index contributed by atoms with van der Waals surface area (Å²) in [6.07, 6.45) is 2.06. The van der Waals surface area contributed by atoms with Crippen LogP contribution < -0.4 is 0 Å². The van der Waals surface area contributed by atoms with Crippen molar-refractivity contribution in [3.63, 3.8) is 0 Å². The molecule has 2 aromatic carbocycles. The molecule has 1 aromatic heterocycles. The number of likely N-dealkylation sites (N-methyl/N-ethyl adjacent to an activating group) is 1. The molecule has 7 heteroatoms. The van der Waals surface area contributed by atoms with Gasteiger partial charge in [-0.3, -0.25) is 0 Å². The quantitative estimate of drug-likeness (QED) is 0.562. The van der Waals surface area contributed by atoms with Crippen LogP contribution in [0.5, 0.6) is 0 Å². The topological polar surface area (TPSA) is 42.3 Å². The standard InChI is InChI=1S/C18H16F2N2O2S/c1-21(2)6-5-11-3-4-13-14-10-22(25(23,24)17(13)7-11)16-9-12(19)8-15(20)18(14)16/h3-4,7-10H,5-6H2,1-2H3. The molecule has 1 aliphatic rings. The molecule has 2 bridgehead atoms. The molecular weight excluding hydrogens is 346 g/mol. The van der Waals surface area contributed by atoms with Gasteiger partial charge in [-0.15, -0.1) is 0 Å². The van der Waals surface area contributed by atoms with Crippen LogP contribution in [0.3, 0.4) is 0 Å². The zero-order valence-electron chi connectivity index (χ0n) is 13.8. The van der Waals surface area contributed by atoms with Crippen LogP contribution in [-0.4, -0.2) is 37.9 Å². The van der Waals surface area contributed by atoms with Gasteiger partial charge in [-0.05, 0) is 38.2 Å². The molecule has 0 atom stereocenters. The summed E-state index contributed by atoms with van der Waals surface area (Å²) in [5, 5.41) is 0.129. The minimum atomic E-state index is -3.89. The smallest absolute Gasteiger partial charge is 0.268 e. The van der Waals surface area contributed by atoms with Crippen molar-refractivity contribution in [3.05, 3.63) is 53.7 Å². The molecule has 0 amide bonds. The van der Waals surface area contributed by atoms with E-state index in [4.69, 9.17) is 0 Å². The second kappa shape index (κ2) is 5.37. The molecule has 0 spiro atoms.